The topological polar surface area (TPSA) is 84.9 Å². The number of benzene rings is 3. The molecule has 0 atom stereocenters. The minimum atomic E-state index is -4.09. The normalized spacial score (nSPS) is 11.0. The summed E-state index contributed by atoms with van der Waals surface area (Å²) in [7, 11) is -1.12. The summed E-state index contributed by atoms with van der Waals surface area (Å²) in [6.45, 7) is 1.61. The van der Waals surface area contributed by atoms with Crippen LogP contribution < -0.4 is 19.1 Å². The number of ether oxygens (including phenoxy) is 2. The molecule has 0 spiro atoms. The number of rotatable bonds is 9. The van der Waals surface area contributed by atoms with Gasteiger partial charge in [0.2, 0.25) is 5.91 Å². The Labute approximate surface area is 188 Å². The first-order chi connectivity index (χ1) is 15.4. The molecule has 8 heteroatoms. The zero-order valence-electron chi connectivity index (χ0n) is 18.2. The van der Waals surface area contributed by atoms with E-state index < -0.39 is 22.5 Å². The fraction of sp³-hybridized carbons (Fsp3) is 0.208. The highest BCUT2D eigenvalue weighted by Gasteiger charge is 2.30. The molecule has 0 aliphatic rings. The smallest absolute Gasteiger partial charge is 0.268 e. The number of aryl methyl sites for hydroxylation is 1. The Hall–Kier alpha value is -3.52. The molecule has 3 aromatic carbocycles. The molecule has 1 amide bonds. The molecule has 0 unspecified atom stereocenters. The second-order valence-electron chi connectivity index (χ2n) is 7.09. The molecule has 7 nitrogen and oxygen atoms in total. The van der Waals surface area contributed by atoms with Crippen LogP contribution in [-0.4, -0.2) is 35.1 Å². The molecule has 0 bridgehead atoms. The molecule has 0 radical (unpaired) electrons. The third-order valence-electron chi connectivity index (χ3n) is 4.89. The standard InChI is InChI=1S/C24H26N2O5S/c1-18-13-14-22(31-3)23(15-18)32(28,29)26(20-10-5-4-6-11-20)17-24(27)25-16-19-9-7-8-12-21(19)30-2/h4-15H,16-17H2,1-3H3,(H,25,27). The highest BCUT2D eigenvalue weighted by atomic mass is 32.2. The van der Waals surface area contributed by atoms with E-state index in [4.69, 9.17) is 9.47 Å². The second kappa shape index (κ2) is 10.2. The van der Waals surface area contributed by atoms with Gasteiger partial charge in [0.25, 0.3) is 10.0 Å². The van der Waals surface area contributed by atoms with Crippen LogP contribution in [0.15, 0.2) is 77.7 Å². The lowest BCUT2D eigenvalue weighted by atomic mass is 10.2. The summed E-state index contributed by atoms with van der Waals surface area (Å²) >= 11 is 0. The van der Waals surface area contributed by atoms with E-state index in [1.54, 1.807) is 62.6 Å². The van der Waals surface area contributed by atoms with Gasteiger partial charge in [0.1, 0.15) is 22.9 Å². The molecule has 0 heterocycles. The molecule has 0 aromatic heterocycles. The number of para-hydroxylation sites is 2. The highest BCUT2D eigenvalue weighted by Crippen LogP contribution is 2.30. The zero-order chi connectivity index (χ0) is 23.1. The summed E-state index contributed by atoms with van der Waals surface area (Å²) in [6.07, 6.45) is 0. The summed E-state index contributed by atoms with van der Waals surface area (Å²) in [5.41, 5.74) is 1.93. The summed E-state index contributed by atoms with van der Waals surface area (Å²) in [5, 5.41) is 2.78. The first kappa shape index (κ1) is 23.1. The van der Waals surface area contributed by atoms with Crippen LogP contribution >= 0.6 is 0 Å². The molecule has 3 aromatic rings. The summed E-state index contributed by atoms with van der Waals surface area (Å²) in [6, 6.07) is 20.7. The van der Waals surface area contributed by atoms with Crippen LogP contribution in [0.3, 0.4) is 0 Å². The Bertz CT molecular complexity index is 1180. The van der Waals surface area contributed by atoms with Crippen molar-refractivity contribution in [3.05, 3.63) is 83.9 Å². The number of hydrogen-bond donors (Lipinski definition) is 1. The van der Waals surface area contributed by atoms with E-state index in [9.17, 15) is 13.2 Å². The monoisotopic (exact) mass is 454 g/mol. The van der Waals surface area contributed by atoms with E-state index in [2.05, 4.69) is 5.32 Å². The van der Waals surface area contributed by atoms with Gasteiger partial charge < -0.3 is 14.8 Å². The molecule has 0 saturated heterocycles. The van der Waals surface area contributed by atoms with E-state index >= 15 is 0 Å². The van der Waals surface area contributed by atoms with Crippen LogP contribution in [-0.2, 0) is 21.4 Å². The molecule has 1 N–H and O–H groups in total. The molecule has 0 aliphatic heterocycles. The number of carbonyl (C=O) groups is 1. The van der Waals surface area contributed by atoms with E-state index in [1.165, 1.54) is 13.2 Å². The third-order valence-corrected chi connectivity index (χ3v) is 6.68. The van der Waals surface area contributed by atoms with Crippen molar-refractivity contribution in [1.29, 1.82) is 0 Å². The molecule has 32 heavy (non-hydrogen) atoms. The predicted octanol–water partition coefficient (Wildman–Crippen LogP) is 3.52. The SMILES string of the molecule is COc1ccccc1CNC(=O)CN(c1ccccc1)S(=O)(=O)c1cc(C)ccc1OC. The fourth-order valence-electron chi connectivity index (χ4n) is 3.24. The van der Waals surface area contributed by atoms with Gasteiger partial charge in [-0.3, -0.25) is 9.10 Å². The fourth-order valence-corrected chi connectivity index (χ4v) is 4.91. The van der Waals surface area contributed by atoms with Gasteiger partial charge in [0, 0.05) is 12.1 Å². The van der Waals surface area contributed by atoms with Crippen molar-refractivity contribution in [3.63, 3.8) is 0 Å². The van der Waals surface area contributed by atoms with Gasteiger partial charge >= 0.3 is 0 Å². The van der Waals surface area contributed by atoms with Crippen LogP contribution in [0.4, 0.5) is 5.69 Å². The van der Waals surface area contributed by atoms with Crippen molar-refractivity contribution >= 4 is 21.6 Å². The number of sulfonamides is 1. The number of anilines is 1. The second-order valence-corrected chi connectivity index (χ2v) is 8.92. The molecule has 3 rings (SSSR count). The number of methoxy groups -OCH3 is 2. The lowest BCUT2D eigenvalue weighted by Crippen LogP contribution is -2.40. The van der Waals surface area contributed by atoms with Crippen molar-refractivity contribution in [2.45, 2.75) is 18.4 Å². The molecule has 0 fully saturated rings. The van der Waals surface area contributed by atoms with E-state index in [0.29, 0.717) is 11.4 Å². The molecule has 0 saturated carbocycles. The first-order valence-electron chi connectivity index (χ1n) is 9.98. The average Bonchev–Trinajstić information content (AvgIpc) is 2.81. The largest absolute Gasteiger partial charge is 0.496 e. The Morgan fingerprint density at radius 2 is 1.56 bits per heavy atom. The van der Waals surface area contributed by atoms with Crippen LogP contribution in [0.25, 0.3) is 0 Å². The van der Waals surface area contributed by atoms with Crippen LogP contribution in [0.2, 0.25) is 0 Å². The van der Waals surface area contributed by atoms with Crippen molar-refractivity contribution in [1.82, 2.24) is 5.32 Å². The van der Waals surface area contributed by atoms with Gasteiger partial charge in [0.05, 0.1) is 19.9 Å². The molecule has 168 valence electrons. The number of nitrogens with one attached hydrogen (secondary N) is 1. The maximum atomic E-state index is 13.6. The summed E-state index contributed by atoms with van der Waals surface area (Å²) in [5.74, 6) is 0.408. The lowest BCUT2D eigenvalue weighted by Gasteiger charge is -2.25. The van der Waals surface area contributed by atoms with E-state index in [-0.39, 0.29) is 17.2 Å². The third kappa shape index (κ3) is 5.20. The van der Waals surface area contributed by atoms with Gasteiger partial charge in [0.15, 0.2) is 0 Å². The van der Waals surface area contributed by atoms with E-state index in [0.717, 1.165) is 15.4 Å². The maximum Gasteiger partial charge on any atom is 0.268 e. The van der Waals surface area contributed by atoms with Gasteiger partial charge in [-0.05, 0) is 42.8 Å². The minimum Gasteiger partial charge on any atom is -0.496 e. The molecular formula is C24H26N2O5S. The Morgan fingerprint density at radius 1 is 0.906 bits per heavy atom. The van der Waals surface area contributed by atoms with Crippen molar-refractivity contribution in [2.75, 3.05) is 25.1 Å². The molecule has 0 aliphatic carbocycles. The summed E-state index contributed by atoms with van der Waals surface area (Å²) < 4.78 is 38.9. The lowest BCUT2D eigenvalue weighted by molar-refractivity contribution is -0.119. The Morgan fingerprint density at radius 3 is 2.25 bits per heavy atom. The Balaban J connectivity index is 1.90. The van der Waals surface area contributed by atoms with Crippen molar-refractivity contribution in [2.24, 2.45) is 0 Å². The van der Waals surface area contributed by atoms with Crippen molar-refractivity contribution < 1.29 is 22.7 Å². The van der Waals surface area contributed by atoms with Crippen molar-refractivity contribution in [3.8, 4) is 11.5 Å². The maximum absolute atomic E-state index is 13.6. The van der Waals surface area contributed by atoms with Crippen LogP contribution in [0.5, 0.6) is 11.5 Å². The first-order valence-corrected chi connectivity index (χ1v) is 11.4. The number of nitrogens with zero attached hydrogens (tertiary/aromatic N) is 1. The van der Waals surface area contributed by atoms with Gasteiger partial charge in [-0.15, -0.1) is 0 Å². The predicted molar refractivity (Wildman–Crippen MR) is 124 cm³/mol. The Kier molecular flexibility index (Phi) is 7.37. The number of hydrogen-bond acceptors (Lipinski definition) is 5. The van der Waals surface area contributed by atoms with Crippen LogP contribution in [0.1, 0.15) is 11.1 Å². The molecular weight excluding hydrogens is 428 g/mol. The van der Waals surface area contributed by atoms with Gasteiger partial charge in [-0.2, -0.15) is 0 Å². The zero-order valence-corrected chi connectivity index (χ0v) is 19.1. The highest BCUT2D eigenvalue weighted by molar-refractivity contribution is 7.93. The average molecular weight is 455 g/mol. The quantitative estimate of drug-likeness (QED) is 0.535. The van der Waals surface area contributed by atoms with Gasteiger partial charge in [-0.25, -0.2) is 8.42 Å². The number of amides is 1. The minimum absolute atomic E-state index is 0.00128. The van der Waals surface area contributed by atoms with Crippen LogP contribution in [0, 0.1) is 6.92 Å². The van der Waals surface area contributed by atoms with E-state index in [1.807, 2.05) is 18.2 Å². The van der Waals surface area contributed by atoms with Gasteiger partial charge in [-0.1, -0.05) is 42.5 Å². The summed E-state index contributed by atoms with van der Waals surface area (Å²) in [4.78, 5) is 12.8. The number of carbonyl (C=O) groups excluding carboxylic acids is 1.